The summed E-state index contributed by atoms with van der Waals surface area (Å²) < 4.78 is 9.51. The van der Waals surface area contributed by atoms with Crippen LogP contribution in [-0.4, -0.2) is 54.1 Å². The van der Waals surface area contributed by atoms with Gasteiger partial charge in [-0.15, -0.1) is 6.58 Å². The average molecular weight is 447 g/mol. The molecule has 0 aromatic heterocycles. The molecular formula is C22H38O9. The van der Waals surface area contributed by atoms with Gasteiger partial charge in [-0.3, -0.25) is 9.59 Å². The molecule has 2 bridgehead atoms. The number of ether oxygens (including phenoxy) is 2. The molecule has 0 saturated heterocycles. The van der Waals surface area contributed by atoms with Crippen LogP contribution in [0.1, 0.15) is 39.5 Å². The van der Waals surface area contributed by atoms with Crippen molar-refractivity contribution in [2.45, 2.75) is 39.5 Å². The Labute approximate surface area is 185 Å². The van der Waals surface area contributed by atoms with Gasteiger partial charge in [-0.2, -0.15) is 0 Å². The first kappa shape index (κ1) is 29.2. The van der Waals surface area contributed by atoms with E-state index in [2.05, 4.69) is 38.1 Å². The fourth-order valence-electron chi connectivity index (χ4n) is 3.91. The number of esters is 2. The van der Waals surface area contributed by atoms with Crippen LogP contribution in [-0.2, 0) is 43.7 Å². The SMILES string of the molecule is C=CCC(C)(/C=C/COOC)C(=O)OC.COC(=O)C1(C)CC2CC1C2.COOOC. The summed E-state index contributed by atoms with van der Waals surface area (Å²) in [5.74, 6) is 1.16. The van der Waals surface area contributed by atoms with E-state index in [1.165, 1.54) is 48.4 Å². The molecule has 31 heavy (non-hydrogen) atoms. The summed E-state index contributed by atoms with van der Waals surface area (Å²) >= 11 is 0. The molecule has 0 aliphatic heterocycles. The highest BCUT2D eigenvalue weighted by molar-refractivity contribution is 5.78. The second-order valence-electron chi connectivity index (χ2n) is 7.80. The van der Waals surface area contributed by atoms with Crippen LogP contribution in [0.4, 0.5) is 0 Å². The Hall–Kier alpha value is -1.78. The zero-order valence-corrected chi connectivity index (χ0v) is 19.8. The van der Waals surface area contributed by atoms with Gasteiger partial charge in [-0.1, -0.05) is 23.3 Å². The Kier molecular flexibility index (Phi) is 14.2. The molecule has 3 rings (SSSR count). The molecular weight excluding hydrogens is 408 g/mol. The first-order chi connectivity index (χ1) is 14.7. The molecule has 2 atom stereocenters. The third-order valence-corrected chi connectivity index (χ3v) is 5.63. The molecule has 0 aromatic carbocycles. The van der Waals surface area contributed by atoms with Crippen molar-refractivity contribution in [1.29, 1.82) is 0 Å². The van der Waals surface area contributed by atoms with Gasteiger partial charge in [-0.05, 0) is 51.4 Å². The van der Waals surface area contributed by atoms with Gasteiger partial charge in [0.1, 0.15) is 6.61 Å². The summed E-state index contributed by atoms with van der Waals surface area (Å²) in [6.07, 6.45) is 9.21. The Bertz CT molecular complexity index is 569. The van der Waals surface area contributed by atoms with Gasteiger partial charge < -0.3 is 9.47 Å². The first-order valence-electron chi connectivity index (χ1n) is 10.0. The molecule has 9 heteroatoms. The summed E-state index contributed by atoms with van der Waals surface area (Å²) in [5, 5.41) is 3.83. The largest absolute Gasteiger partial charge is 0.469 e. The predicted octanol–water partition coefficient (Wildman–Crippen LogP) is 3.60. The third-order valence-electron chi connectivity index (χ3n) is 5.63. The number of allylic oxidation sites excluding steroid dienone is 1. The maximum Gasteiger partial charge on any atom is 0.315 e. The van der Waals surface area contributed by atoms with E-state index < -0.39 is 5.41 Å². The van der Waals surface area contributed by atoms with Gasteiger partial charge in [-0.25, -0.2) is 19.6 Å². The Morgan fingerprint density at radius 2 is 1.68 bits per heavy atom. The van der Waals surface area contributed by atoms with Crippen LogP contribution in [0.2, 0.25) is 0 Å². The monoisotopic (exact) mass is 446 g/mol. The summed E-state index contributed by atoms with van der Waals surface area (Å²) in [5.41, 5.74) is -0.812. The van der Waals surface area contributed by atoms with E-state index in [-0.39, 0.29) is 17.4 Å². The topological polar surface area (TPSA) is 98.8 Å². The number of rotatable bonds is 10. The summed E-state index contributed by atoms with van der Waals surface area (Å²) in [7, 11) is 7.01. The molecule has 0 N–H and O–H groups in total. The van der Waals surface area contributed by atoms with E-state index in [1.54, 1.807) is 25.2 Å². The zero-order chi connectivity index (χ0) is 23.9. The fourth-order valence-corrected chi connectivity index (χ4v) is 3.91. The van der Waals surface area contributed by atoms with Crippen molar-refractivity contribution < 1.29 is 43.7 Å². The number of methoxy groups -OCH3 is 2. The molecule has 2 unspecified atom stereocenters. The summed E-state index contributed by atoms with van der Waals surface area (Å²) in [6.45, 7) is 7.73. The van der Waals surface area contributed by atoms with Crippen molar-refractivity contribution in [1.82, 2.24) is 0 Å². The van der Waals surface area contributed by atoms with Crippen molar-refractivity contribution >= 4 is 11.9 Å². The van der Waals surface area contributed by atoms with E-state index in [0.29, 0.717) is 18.9 Å². The van der Waals surface area contributed by atoms with E-state index in [1.807, 2.05) is 0 Å². The number of fused-ring (bicyclic) bond motifs is 1. The lowest BCUT2D eigenvalue weighted by Gasteiger charge is -2.29. The number of hydrogen-bond acceptors (Lipinski definition) is 9. The average Bonchev–Trinajstić information content (AvgIpc) is 3.25. The highest BCUT2D eigenvalue weighted by Gasteiger charge is 2.57. The lowest BCUT2D eigenvalue weighted by atomic mass is 9.76. The quantitative estimate of drug-likeness (QED) is 0.164. The molecule has 0 aromatic rings. The molecule has 0 spiro atoms. The minimum absolute atomic E-state index is 0.00231. The fraction of sp³-hybridized carbons (Fsp3) is 0.727. The Morgan fingerprint density at radius 1 is 1.06 bits per heavy atom. The van der Waals surface area contributed by atoms with Crippen LogP contribution in [0.3, 0.4) is 0 Å². The number of carbonyl (C=O) groups is 2. The maximum absolute atomic E-state index is 11.5. The maximum atomic E-state index is 11.5. The molecule has 3 aliphatic rings. The van der Waals surface area contributed by atoms with Crippen LogP contribution in [0.5, 0.6) is 0 Å². The molecule has 0 heterocycles. The van der Waals surface area contributed by atoms with Crippen molar-refractivity contribution in [3.05, 3.63) is 24.8 Å². The number of hydrogen-bond donors (Lipinski definition) is 0. The van der Waals surface area contributed by atoms with Crippen LogP contribution < -0.4 is 0 Å². The van der Waals surface area contributed by atoms with Gasteiger partial charge in [0.15, 0.2) is 0 Å². The van der Waals surface area contributed by atoms with Crippen molar-refractivity contribution in [3.8, 4) is 0 Å². The van der Waals surface area contributed by atoms with Crippen LogP contribution >= 0.6 is 0 Å². The smallest absolute Gasteiger partial charge is 0.315 e. The normalized spacial score (nSPS) is 25.1. The molecule has 3 saturated carbocycles. The molecule has 0 amide bonds. The lowest BCUT2D eigenvalue weighted by molar-refractivity contribution is -0.491. The zero-order valence-electron chi connectivity index (χ0n) is 19.8. The van der Waals surface area contributed by atoms with Gasteiger partial charge >= 0.3 is 11.9 Å². The van der Waals surface area contributed by atoms with Gasteiger partial charge in [0.2, 0.25) is 0 Å². The highest BCUT2D eigenvalue weighted by Crippen LogP contribution is 2.60. The highest BCUT2D eigenvalue weighted by atomic mass is 17.5. The molecule has 3 fully saturated rings. The van der Waals surface area contributed by atoms with E-state index in [9.17, 15) is 9.59 Å². The van der Waals surface area contributed by atoms with Gasteiger partial charge in [0.05, 0.1) is 46.4 Å². The molecule has 0 radical (unpaired) electrons. The van der Waals surface area contributed by atoms with E-state index in [4.69, 9.17) is 9.47 Å². The van der Waals surface area contributed by atoms with Gasteiger partial charge in [0, 0.05) is 0 Å². The van der Waals surface area contributed by atoms with E-state index >= 15 is 0 Å². The van der Waals surface area contributed by atoms with Crippen molar-refractivity contribution in [3.63, 3.8) is 0 Å². The Balaban J connectivity index is 0.000000489. The first-order valence-corrected chi connectivity index (χ1v) is 10.0. The number of carbonyl (C=O) groups excluding carboxylic acids is 2. The van der Waals surface area contributed by atoms with Gasteiger partial charge in [0.25, 0.3) is 0 Å². The standard InChI is InChI=1S/C11H18O4.C9H14O2.C2H6O3/c1-5-7-11(2,10(12)13-3)8-6-9-15-14-4;1-9(8(10)11-2)5-6-3-7(9)4-6;1-3-5-4-2/h5-6,8H,1,7,9H2,2-4H3;6-7H,3-5H2,1-2H3;1-2H3/b8-6+;;. The minimum Gasteiger partial charge on any atom is -0.469 e. The van der Waals surface area contributed by atoms with Crippen molar-refractivity contribution in [2.75, 3.05) is 42.2 Å². The molecule has 9 nitrogen and oxygen atoms in total. The molecule has 180 valence electrons. The van der Waals surface area contributed by atoms with Crippen LogP contribution in [0, 0.1) is 22.7 Å². The Morgan fingerprint density at radius 3 is 2.03 bits per heavy atom. The predicted molar refractivity (Wildman–Crippen MR) is 113 cm³/mol. The summed E-state index contributed by atoms with van der Waals surface area (Å²) in [4.78, 5) is 39.9. The molecule has 3 aliphatic carbocycles. The second kappa shape index (κ2) is 15.1. The third kappa shape index (κ3) is 9.08. The summed E-state index contributed by atoms with van der Waals surface area (Å²) in [6, 6.07) is 0. The van der Waals surface area contributed by atoms with Crippen molar-refractivity contribution in [2.24, 2.45) is 22.7 Å². The lowest BCUT2D eigenvalue weighted by Crippen LogP contribution is -2.31. The minimum atomic E-state index is -0.687. The van der Waals surface area contributed by atoms with E-state index in [0.717, 1.165) is 12.3 Å². The van der Waals surface area contributed by atoms with Crippen LogP contribution in [0.25, 0.3) is 0 Å². The van der Waals surface area contributed by atoms with Crippen LogP contribution in [0.15, 0.2) is 24.8 Å². The second-order valence-corrected chi connectivity index (χ2v) is 7.80.